The summed E-state index contributed by atoms with van der Waals surface area (Å²) < 4.78 is 5.25. The Morgan fingerprint density at radius 2 is 2.05 bits per heavy atom. The number of carbonyl (C=O) groups is 1. The van der Waals surface area contributed by atoms with Crippen LogP contribution in [0.3, 0.4) is 0 Å². The molecule has 0 saturated heterocycles. The molecule has 0 unspecified atom stereocenters. The van der Waals surface area contributed by atoms with Crippen molar-refractivity contribution in [1.29, 1.82) is 0 Å². The van der Waals surface area contributed by atoms with Crippen LogP contribution in [0.15, 0.2) is 54.9 Å². The minimum atomic E-state index is -0.322. The van der Waals surface area contributed by atoms with E-state index in [1.807, 2.05) is 30.3 Å². The van der Waals surface area contributed by atoms with Gasteiger partial charge in [0.05, 0.1) is 11.3 Å². The molecule has 94 valence electrons. The highest BCUT2D eigenvalue weighted by Gasteiger charge is 2.07. The Morgan fingerprint density at radius 1 is 1.21 bits per heavy atom. The van der Waals surface area contributed by atoms with Gasteiger partial charge in [0.15, 0.2) is 0 Å². The molecular formula is C15H12N2O2. The zero-order chi connectivity index (χ0) is 13.1. The van der Waals surface area contributed by atoms with Crippen molar-refractivity contribution in [2.75, 3.05) is 0 Å². The van der Waals surface area contributed by atoms with Crippen LogP contribution in [0.25, 0.3) is 10.9 Å². The molecule has 1 aromatic carbocycles. The zero-order valence-corrected chi connectivity index (χ0v) is 10.2. The molecule has 3 rings (SSSR count). The fourth-order valence-corrected chi connectivity index (χ4v) is 1.91. The van der Waals surface area contributed by atoms with E-state index >= 15 is 0 Å². The first kappa shape index (κ1) is 11.5. The lowest BCUT2D eigenvalue weighted by molar-refractivity contribution is 0.0468. The zero-order valence-electron chi connectivity index (χ0n) is 10.2. The van der Waals surface area contributed by atoms with Gasteiger partial charge in [-0.15, -0.1) is 0 Å². The number of carbonyl (C=O) groups excluding carboxylic acids is 1. The van der Waals surface area contributed by atoms with Crippen LogP contribution in [0.4, 0.5) is 0 Å². The minimum Gasteiger partial charge on any atom is -0.456 e. The number of ether oxygens (including phenoxy) is 1. The quantitative estimate of drug-likeness (QED) is 0.729. The number of hydrogen-bond acceptors (Lipinski definition) is 3. The third kappa shape index (κ3) is 2.47. The second-order valence-corrected chi connectivity index (χ2v) is 4.20. The van der Waals surface area contributed by atoms with Gasteiger partial charge in [-0.1, -0.05) is 18.2 Å². The van der Waals surface area contributed by atoms with Crippen molar-refractivity contribution in [3.63, 3.8) is 0 Å². The SMILES string of the molecule is O=C(OCc1cc2cnccc2[nH]1)c1ccccc1. The summed E-state index contributed by atoms with van der Waals surface area (Å²) >= 11 is 0. The summed E-state index contributed by atoms with van der Waals surface area (Å²) in [5.41, 5.74) is 2.40. The molecule has 0 aliphatic carbocycles. The first-order chi connectivity index (χ1) is 9.33. The number of esters is 1. The number of rotatable bonds is 3. The highest BCUT2D eigenvalue weighted by atomic mass is 16.5. The van der Waals surface area contributed by atoms with Gasteiger partial charge >= 0.3 is 5.97 Å². The maximum Gasteiger partial charge on any atom is 0.338 e. The average Bonchev–Trinajstić information content (AvgIpc) is 2.88. The fourth-order valence-electron chi connectivity index (χ4n) is 1.91. The van der Waals surface area contributed by atoms with Gasteiger partial charge in [0.25, 0.3) is 0 Å². The monoisotopic (exact) mass is 252 g/mol. The van der Waals surface area contributed by atoms with Crippen molar-refractivity contribution in [3.8, 4) is 0 Å². The Kier molecular flexibility index (Phi) is 2.98. The van der Waals surface area contributed by atoms with Crippen LogP contribution < -0.4 is 0 Å². The molecule has 0 fully saturated rings. The minimum absolute atomic E-state index is 0.225. The van der Waals surface area contributed by atoms with E-state index in [1.54, 1.807) is 24.5 Å². The van der Waals surface area contributed by atoms with Gasteiger partial charge in [-0.25, -0.2) is 4.79 Å². The third-order valence-electron chi connectivity index (χ3n) is 2.85. The Balaban J connectivity index is 1.71. The normalized spacial score (nSPS) is 10.5. The summed E-state index contributed by atoms with van der Waals surface area (Å²) in [4.78, 5) is 19.0. The maximum absolute atomic E-state index is 11.8. The lowest BCUT2D eigenvalue weighted by Gasteiger charge is -2.02. The van der Waals surface area contributed by atoms with Gasteiger partial charge in [0.2, 0.25) is 0 Å². The number of fused-ring (bicyclic) bond motifs is 1. The second-order valence-electron chi connectivity index (χ2n) is 4.20. The van der Waals surface area contributed by atoms with Gasteiger partial charge in [0, 0.05) is 23.3 Å². The van der Waals surface area contributed by atoms with Crippen LogP contribution in [0, 0.1) is 0 Å². The molecule has 3 aromatic rings. The van der Waals surface area contributed by atoms with Crippen molar-refractivity contribution in [3.05, 3.63) is 66.1 Å². The topological polar surface area (TPSA) is 55.0 Å². The molecule has 0 aliphatic rings. The van der Waals surface area contributed by atoms with E-state index in [2.05, 4.69) is 9.97 Å². The average molecular weight is 252 g/mol. The summed E-state index contributed by atoms with van der Waals surface area (Å²) in [7, 11) is 0. The number of aromatic nitrogens is 2. The molecule has 19 heavy (non-hydrogen) atoms. The third-order valence-corrected chi connectivity index (χ3v) is 2.85. The maximum atomic E-state index is 11.8. The van der Waals surface area contributed by atoms with Crippen LogP contribution in [-0.4, -0.2) is 15.9 Å². The number of nitrogens with zero attached hydrogens (tertiary/aromatic N) is 1. The van der Waals surface area contributed by atoms with Gasteiger partial charge in [-0.2, -0.15) is 0 Å². The van der Waals surface area contributed by atoms with E-state index in [0.717, 1.165) is 16.6 Å². The summed E-state index contributed by atoms with van der Waals surface area (Å²) in [6, 6.07) is 12.8. The molecule has 0 spiro atoms. The first-order valence-corrected chi connectivity index (χ1v) is 5.97. The number of hydrogen-bond donors (Lipinski definition) is 1. The second kappa shape index (κ2) is 4.94. The van der Waals surface area contributed by atoms with Crippen molar-refractivity contribution in [1.82, 2.24) is 9.97 Å². The standard InChI is InChI=1S/C15H12N2O2/c18-15(11-4-2-1-3-5-11)19-10-13-8-12-9-16-7-6-14(12)17-13/h1-9,17H,10H2. The predicted molar refractivity (Wildman–Crippen MR) is 71.7 cm³/mol. The first-order valence-electron chi connectivity index (χ1n) is 5.97. The summed E-state index contributed by atoms with van der Waals surface area (Å²) in [5.74, 6) is -0.322. The van der Waals surface area contributed by atoms with Crippen LogP contribution in [-0.2, 0) is 11.3 Å². The molecule has 2 heterocycles. The Morgan fingerprint density at radius 3 is 2.84 bits per heavy atom. The van der Waals surface area contributed by atoms with E-state index in [9.17, 15) is 4.79 Å². The molecule has 4 nitrogen and oxygen atoms in total. The van der Waals surface area contributed by atoms with E-state index < -0.39 is 0 Å². The number of nitrogens with one attached hydrogen (secondary N) is 1. The molecule has 2 aromatic heterocycles. The van der Waals surface area contributed by atoms with Crippen molar-refractivity contribution < 1.29 is 9.53 Å². The summed E-state index contributed by atoms with van der Waals surface area (Å²) in [6.45, 7) is 0.225. The number of H-pyrrole nitrogens is 1. The van der Waals surface area contributed by atoms with Crippen LogP contribution in [0.1, 0.15) is 16.1 Å². The molecule has 0 bridgehead atoms. The van der Waals surface area contributed by atoms with Crippen LogP contribution >= 0.6 is 0 Å². The fraction of sp³-hybridized carbons (Fsp3) is 0.0667. The van der Waals surface area contributed by atoms with E-state index in [0.29, 0.717) is 5.56 Å². The smallest absolute Gasteiger partial charge is 0.338 e. The van der Waals surface area contributed by atoms with Crippen LogP contribution in [0.5, 0.6) is 0 Å². The lowest BCUT2D eigenvalue weighted by atomic mass is 10.2. The van der Waals surface area contributed by atoms with Crippen LogP contribution in [0.2, 0.25) is 0 Å². The molecule has 1 N–H and O–H groups in total. The summed E-state index contributed by atoms with van der Waals surface area (Å²) in [5, 5.41) is 1.01. The number of aromatic amines is 1. The van der Waals surface area contributed by atoms with Gasteiger partial charge < -0.3 is 9.72 Å². The van der Waals surface area contributed by atoms with Gasteiger partial charge in [-0.3, -0.25) is 4.98 Å². The Bertz CT molecular complexity index is 671. The van der Waals surface area contributed by atoms with E-state index in [1.165, 1.54) is 0 Å². The molecule has 0 atom stereocenters. The lowest BCUT2D eigenvalue weighted by Crippen LogP contribution is -2.04. The van der Waals surface area contributed by atoms with Gasteiger partial charge in [-0.05, 0) is 24.3 Å². The highest BCUT2D eigenvalue weighted by Crippen LogP contribution is 2.14. The summed E-state index contributed by atoms with van der Waals surface area (Å²) in [6.07, 6.45) is 3.49. The molecule has 0 amide bonds. The molecule has 0 radical (unpaired) electrons. The highest BCUT2D eigenvalue weighted by molar-refractivity contribution is 5.89. The molecule has 0 aliphatic heterocycles. The number of benzene rings is 1. The van der Waals surface area contributed by atoms with E-state index in [-0.39, 0.29) is 12.6 Å². The van der Waals surface area contributed by atoms with E-state index in [4.69, 9.17) is 4.74 Å². The Hall–Kier alpha value is -2.62. The van der Waals surface area contributed by atoms with Crippen molar-refractivity contribution in [2.45, 2.75) is 6.61 Å². The van der Waals surface area contributed by atoms with Crippen molar-refractivity contribution in [2.24, 2.45) is 0 Å². The molecule has 0 saturated carbocycles. The Labute approximate surface area is 110 Å². The molecule has 4 heteroatoms. The number of pyridine rings is 1. The predicted octanol–water partition coefficient (Wildman–Crippen LogP) is 2.92. The molecular weight excluding hydrogens is 240 g/mol. The largest absolute Gasteiger partial charge is 0.456 e. The van der Waals surface area contributed by atoms with Crippen molar-refractivity contribution >= 4 is 16.9 Å². The van der Waals surface area contributed by atoms with Gasteiger partial charge in [0.1, 0.15) is 6.61 Å².